The molecular formula is C25H20Cl2N4O2. The Morgan fingerprint density at radius 1 is 1.03 bits per heavy atom. The van der Waals surface area contributed by atoms with Gasteiger partial charge in [-0.1, -0.05) is 47.5 Å². The predicted octanol–water partition coefficient (Wildman–Crippen LogP) is 5.88. The van der Waals surface area contributed by atoms with Gasteiger partial charge in [0.15, 0.2) is 5.75 Å². The van der Waals surface area contributed by atoms with Crippen LogP contribution in [0.4, 0.5) is 0 Å². The van der Waals surface area contributed by atoms with E-state index in [1.54, 1.807) is 29.2 Å². The van der Waals surface area contributed by atoms with E-state index in [1.165, 1.54) is 0 Å². The Morgan fingerprint density at radius 2 is 1.79 bits per heavy atom. The largest absolute Gasteiger partial charge is 0.489 e. The first-order valence-electron chi connectivity index (χ1n) is 10.6. The van der Waals surface area contributed by atoms with E-state index in [4.69, 9.17) is 33.0 Å². The molecule has 6 nitrogen and oxygen atoms in total. The normalized spacial score (nSPS) is 15.3. The monoisotopic (exact) mass is 478 g/mol. The number of carbonyl (C=O) groups excluding carboxylic acids is 1. The molecule has 0 radical (unpaired) electrons. The minimum Gasteiger partial charge on any atom is -0.489 e. The summed E-state index contributed by atoms with van der Waals surface area (Å²) in [6, 6.07) is 18.0. The average molecular weight is 479 g/mol. The number of hydrogen-bond acceptors (Lipinski definition) is 4. The van der Waals surface area contributed by atoms with Gasteiger partial charge in [-0.25, -0.2) is 4.68 Å². The van der Waals surface area contributed by atoms with Crippen LogP contribution >= 0.6 is 23.2 Å². The lowest BCUT2D eigenvalue weighted by molar-refractivity contribution is 0.0933. The van der Waals surface area contributed by atoms with Crippen molar-refractivity contribution in [3.05, 3.63) is 94.4 Å². The highest BCUT2D eigenvalue weighted by molar-refractivity contribution is 6.32. The molecule has 2 aromatic heterocycles. The number of hydrogen-bond donors (Lipinski definition) is 1. The van der Waals surface area contributed by atoms with Crippen molar-refractivity contribution in [2.24, 2.45) is 0 Å². The molecule has 1 unspecified atom stereocenters. The highest BCUT2D eigenvalue weighted by Crippen LogP contribution is 2.42. The van der Waals surface area contributed by atoms with Gasteiger partial charge in [-0.05, 0) is 49.2 Å². The number of halogens is 2. The quantitative estimate of drug-likeness (QED) is 0.397. The number of rotatable bonds is 4. The van der Waals surface area contributed by atoms with Crippen molar-refractivity contribution in [1.29, 1.82) is 0 Å². The number of fused-ring (bicyclic) bond motifs is 1. The molecule has 1 aliphatic rings. The average Bonchev–Trinajstić information content (AvgIpc) is 3.10. The molecule has 1 N–H and O–H groups in total. The van der Waals surface area contributed by atoms with Crippen LogP contribution in [-0.4, -0.2) is 27.3 Å². The van der Waals surface area contributed by atoms with E-state index >= 15 is 0 Å². The van der Waals surface area contributed by atoms with Crippen molar-refractivity contribution in [2.75, 3.05) is 6.61 Å². The molecule has 1 aliphatic heterocycles. The Morgan fingerprint density at radius 3 is 2.55 bits per heavy atom. The molecule has 0 spiro atoms. The van der Waals surface area contributed by atoms with Crippen LogP contribution in [0.1, 0.15) is 34.9 Å². The van der Waals surface area contributed by atoms with Gasteiger partial charge < -0.3 is 10.1 Å². The van der Waals surface area contributed by atoms with Crippen molar-refractivity contribution >= 4 is 29.1 Å². The standard InChI is InChI=1S/C25H20Cl2N4O2/c26-18-9-7-16(8-10-18)23-24-22(30-31(23)21-6-2-1-4-19(21)27)20(5-3-15-33-24)29-25(32)17-11-13-28-14-12-17/h1-2,4,6-14,20H,3,5,15H2,(H,29,32). The number of para-hydroxylation sites is 1. The number of amides is 1. The van der Waals surface area contributed by atoms with E-state index in [9.17, 15) is 4.79 Å². The number of ether oxygens (including phenoxy) is 1. The summed E-state index contributed by atoms with van der Waals surface area (Å²) < 4.78 is 7.99. The van der Waals surface area contributed by atoms with Gasteiger partial charge >= 0.3 is 0 Å². The summed E-state index contributed by atoms with van der Waals surface area (Å²) in [6.07, 6.45) is 4.68. The minimum absolute atomic E-state index is 0.185. The SMILES string of the molecule is O=C(NC1CCCOc2c1nn(-c1ccccc1Cl)c2-c1ccc(Cl)cc1)c1ccncc1. The second-order valence-corrected chi connectivity index (χ2v) is 8.53. The molecule has 33 heavy (non-hydrogen) atoms. The van der Waals surface area contributed by atoms with Crippen molar-refractivity contribution in [1.82, 2.24) is 20.1 Å². The molecule has 5 rings (SSSR count). The number of nitrogens with zero attached hydrogens (tertiary/aromatic N) is 3. The van der Waals surface area contributed by atoms with Gasteiger partial charge in [-0.15, -0.1) is 0 Å². The summed E-state index contributed by atoms with van der Waals surface area (Å²) >= 11 is 12.7. The molecule has 0 fully saturated rings. The first-order valence-corrected chi connectivity index (χ1v) is 11.3. The van der Waals surface area contributed by atoms with Crippen LogP contribution in [-0.2, 0) is 0 Å². The molecule has 2 aromatic carbocycles. The van der Waals surface area contributed by atoms with Crippen LogP contribution in [0.5, 0.6) is 5.75 Å². The second kappa shape index (κ2) is 9.25. The summed E-state index contributed by atoms with van der Waals surface area (Å²) in [5, 5.41) is 9.23. The summed E-state index contributed by atoms with van der Waals surface area (Å²) in [7, 11) is 0. The molecule has 1 atom stereocenters. The fraction of sp³-hybridized carbons (Fsp3) is 0.160. The summed E-state index contributed by atoms with van der Waals surface area (Å²) in [6.45, 7) is 0.517. The third-order valence-electron chi connectivity index (χ3n) is 5.53. The van der Waals surface area contributed by atoms with Gasteiger partial charge in [0.25, 0.3) is 5.91 Å². The van der Waals surface area contributed by atoms with Crippen molar-refractivity contribution < 1.29 is 9.53 Å². The van der Waals surface area contributed by atoms with E-state index < -0.39 is 0 Å². The fourth-order valence-corrected chi connectivity index (χ4v) is 4.28. The maximum Gasteiger partial charge on any atom is 0.251 e. The lowest BCUT2D eigenvalue weighted by Gasteiger charge is -2.15. The molecule has 8 heteroatoms. The minimum atomic E-state index is -0.321. The molecule has 0 saturated carbocycles. The summed E-state index contributed by atoms with van der Waals surface area (Å²) in [4.78, 5) is 16.9. The molecule has 166 valence electrons. The van der Waals surface area contributed by atoms with E-state index in [2.05, 4.69) is 10.3 Å². The molecule has 3 heterocycles. The number of carbonyl (C=O) groups is 1. The highest BCUT2D eigenvalue weighted by Gasteiger charge is 2.31. The molecule has 1 amide bonds. The smallest absolute Gasteiger partial charge is 0.251 e. The Kier molecular flexibility index (Phi) is 6.03. The van der Waals surface area contributed by atoms with Crippen LogP contribution in [0.15, 0.2) is 73.1 Å². The van der Waals surface area contributed by atoms with Crippen molar-refractivity contribution in [3.8, 4) is 22.7 Å². The topological polar surface area (TPSA) is 69.0 Å². The first-order chi connectivity index (χ1) is 16.1. The van der Waals surface area contributed by atoms with E-state index in [-0.39, 0.29) is 11.9 Å². The van der Waals surface area contributed by atoms with Gasteiger partial charge in [0, 0.05) is 28.5 Å². The second-order valence-electron chi connectivity index (χ2n) is 7.69. The van der Waals surface area contributed by atoms with E-state index in [0.29, 0.717) is 40.1 Å². The Balaban J connectivity index is 1.64. The number of pyridine rings is 1. The maximum atomic E-state index is 12.9. The predicted molar refractivity (Wildman–Crippen MR) is 128 cm³/mol. The number of nitrogens with one attached hydrogen (secondary N) is 1. The fourth-order valence-electron chi connectivity index (χ4n) is 3.93. The van der Waals surface area contributed by atoms with Crippen LogP contribution in [0.2, 0.25) is 10.0 Å². The lowest BCUT2D eigenvalue weighted by atomic mass is 10.1. The van der Waals surface area contributed by atoms with Crippen molar-refractivity contribution in [2.45, 2.75) is 18.9 Å². The summed E-state index contributed by atoms with van der Waals surface area (Å²) in [5.74, 6) is 0.449. The molecule has 0 bridgehead atoms. The Hall–Kier alpha value is -3.35. The summed E-state index contributed by atoms with van der Waals surface area (Å²) in [5.41, 5.74) is 3.58. The zero-order valence-electron chi connectivity index (χ0n) is 17.5. The number of benzene rings is 2. The highest BCUT2D eigenvalue weighted by atomic mass is 35.5. The number of aromatic nitrogens is 3. The van der Waals surface area contributed by atoms with Crippen molar-refractivity contribution in [3.63, 3.8) is 0 Å². The molecular weight excluding hydrogens is 459 g/mol. The van der Waals surface area contributed by atoms with Gasteiger partial charge in [0.2, 0.25) is 0 Å². The Bertz CT molecular complexity index is 1290. The third kappa shape index (κ3) is 4.32. The maximum absolute atomic E-state index is 12.9. The first kappa shape index (κ1) is 21.5. The van der Waals surface area contributed by atoms with Gasteiger partial charge in [-0.2, -0.15) is 5.10 Å². The van der Waals surface area contributed by atoms with Crippen LogP contribution in [0.25, 0.3) is 16.9 Å². The molecule has 0 saturated heterocycles. The zero-order valence-corrected chi connectivity index (χ0v) is 19.1. The van der Waals surface area contributed by atoms with Crippen LogP contribution in [0, 0.1) is 0 Å². The Labute approximate surface area is 201 Å². The van der Waals surface area contributed by atoms with Crippen LogP contribution in [0.3, 0.4) is 0 Å². The zero-order chi connectivity index (χ0) is 22.8. The molecule has 0 aliphatic carbocycles. The van der Waals surface area contributed by atoms with E-state index in [1.807, 2.05) is 48.5 Å². The van der Waals surface area contributed by atoms with Gasteiger partial charge in [0.1, 0.15) is 11.4 Å². The van der Waals surface area contributed by atoms with Gasteiger partial charge in [0.05, 0.1) is 23.4 Å². The lowest BCUT2D eigenvalue weighted by Crippen LogP contribution is -2.28. The third-order valence-corrected chi connectivity index (χ3v) is 6.10. The van der Waals surface area contributed by atoms with Crippen LogP contribution < -0.4 is 10.1 Å². The van der Waals surface area contributed by atoms with E-state index in [0.717, 1.165) is 23.4 Å². The molecule has 4 aromatic rings. The van der Waals surface area contributed by atoms with Gasteiger partial charge in [-0.3, -0.25) is 9.78 Å².